The molecule has 3 amide bonds. The Kier molecular flexibility index (Phi) is 7.02. The summed E-state index contributed by atoms with van der Waals surface area (Å²) in [4.78, 5) is 48.4. The fourth-order valence-electron chi connectivity index (χ4n) is 3.60. The maximum Gasteiger partial charge on any atom is 0.269 e. The summed E-state index contributed by atoms with van der Waals surface area (Å²) < 4.78 is 0. The lowest BCUT2D eigenvalue weighted by molar-refractivity contribution is -0.139. The van der Waals surface area contributed by atoms with Crippen LogP contribution in [0.25, 0.3) is 11.3 Å². The lowest BCUT2D eigenvalue weighted by Gasteiger charge is -2.41. The van der Waals surface area contributed by atoms with Crippen LogP contribution in [0.1, 0.15) is 35.9 Å². The van der Waals surface area contributed by atoms with Crippen LogP contribution in [0, 0.1) is 0 Å². The van der Waals surface area contributed by atoms with Gasteiger partial charge in [0.15, 0.2) is 0 Å². The van der Waals surface area contributed by atoms with Gasteiger partial charge in [0.05, 0.1) is 11.7 Å². The summed E-state index contributed by atoms with van der Waals surface area (Å²) in [6, 6.07) is 6.52. The summed E-state index contributed by atoms with van der Waals surface area (Å²) >= 11 is 6.32. The van der Waals surface area contributed by atoms with E-state index < -0.39 is 0 Å². The van der Waals surface area contributed by atoms with Crippen molar-refractivity contribution in [3.05, 3.63) is 59.5 Å². The Hall–Kier alpha value is -3.26. The summed E-state index contributed by atoms with van der Waals surface area (Å²) in [6.45, 7) is 8.55. The molecule has 2 aromatic rings. The van der Waals surface area contributed by atoms with Crippen molar-refractivity contribution >= 4 is 29.3 Å². The molecule has 0 unspecified atom stereocenters. The molecule has 31 heavy (non-hydrogen) atoms. The van der Waals surface area contributed by atoms with Gasteiger partial charge in [-0.1, -0.05) is 18.2 Å². The molecule has 0 radical (unpaired) electrons. The number of piperazine rings is 1. The van der Waals surface area contributed by atoms with Gasteiger partial charge in [-0.05, 0) is 42.8 Å². The van der Waals surface area contributed by atoms with E-state index in [1.807, 2.05) is 13.0 Å². The molecule has 1 atom stereocenters. The minimum Gasteiger partial charge on any atom is -0.351 e. The average molecular weight is 442 g/mol. The Morgan fingerprint density at radius 3 is 2.74 bits per heavy atom. The highest BCUT2D eigenvalue weighted by molar-refractivity contribution is 6.29. The fraction of sp³-hybridized carbons (Fsp3) is 0.318. The Bertz CT molecular complexity index is 1030. The first kappa shape index (κ1) is 22.4. The number of hydrogen-bond donors (Lipinski definition) is 1. The van der Waals surface area contributed by atoms with Crippen LogP contribution in [0.15, 0.2) is 43.1 Å². The minimum atomic E-state index is -0.376. The Labute approximate surface area is 185 Å². The highest BCUT2D eigenvalue weighted by Crippen LogP contribution is 2.30. The van der Waals surface area contributed by atoms with Crippen molar-refractivity contribution in [3.63, 3.8) is 0 Å². The molecule has 0 aromatic carbocycles. The van der Waals surface area contributed by atoms with Crippen molar-refractivity contribution in [1.29, 1.82) is 0 Å². The molecule has 1 aliphatic rings. The largest absolute Gasteiger partial charge is 0.351 e. The first-order chi connectivity index (χ1) is 14.8. The molecular formula is C22H24ClN5O3. The second-order valence-corrected chi connectivity index (χ2v) is 7.50. The van der Waals surface area contributed by atoms with Crippen molar-refractivity contribution in [2.24, 2.45) is 0 Å². The fourth-order valence-corrected chi connectivity index (χ4v) is 3.81. The van der Waals surface area contributed by atoms with E-state index in [1.165, 1.54) is 19.2 Å². The Balaban J connectivity index is 2.00. The number of carbonyl (C=O) groups excluding carboxylic acids is 3. The van der Waals surface area contributed by atoms with Gasteiger partial charge in [0.25, 0.3) is 5.91 Å². The summed E-state index contributed by atoms with van der Waals surface area (Å²) in [6.07, 6.45) is 2.81. The number of carbonyl (C=O) groups is 3. The summed E-state index contributed by atoms with van der Waals surface area (Å²) in [5.41, 5.74) is 2.24. The van der Waals surface area contributed by atoms with Gasteiger partial charge in [-0.2, -0.15) is 0 Å². The molecule has 0 bridgehead atoms. The predicted molar refractivity (Wildman–Crippen MR) is 117 cm³/mol. The number of halogens is 1. The smallest absolute Gasteiger partial charge is 0.269 e. The first-order valence-corrected chi connectivity index (χ1v) is 10.3. The van der Waals surface area contributed by atoms with E-state index in [9.17, 15) is 14.4 Å². The maximum absolute atomic E-state index is 12.3. The van der Waals surface area contributed by atoms with Gasteiger partial charge in [-0.15, -0.1) is 0 Å². The molecule has 1 N–H and O–H groups in total. The molecule has 3 rings (SSSR count). The third-order valence-corrected chi connectivity index (χ3v) is 5.29. The van der Waals surface area contributed by atoms with E-state index in [0.29, 0.717) is 37.4 Å². The van der Waals surface area contributed by atoms with E-state index in [0.717, 1.165) is 5.56 Å². The lowest BCUT2D eigenvalue weighted by atomic mass is 10.0. The van der Waals surface area contributed by atoms with Crippen molar-refractivity contribution < 1.29 is 14.4 Å². The molecule has 2 aromatic heterocycles. The van der Waals surface area contributed by atoms with E-state index in [4.69, 9.17) is 11.6 Å². The quantitative estimate of drug-likeness (QED) is 0.568. The molecular weight excluding hydrogens is 418 g/mol. The van der Waals surface area contributed by atoms with Crippen molar-refractivity contribution in [1.82, 2.24) is 25.1 Å². The van der Waals surface area contributed by atoms with Crippen LogP contribution in [0.4, 0.5) is 0 Å². The normalized spacial score (nSPS) is 16.0. The maximum atomic E-state index is 12.3. The monoisotopic (exact) mass is 441 g/mol. The number of amides is 3. The molecule has 0 spiro atoms. The molecule has 162 valence electrons. The van der Waals surface area contributed by atoms with Crippen molar-refractivity contribution in [2.45, 2.75) is 19.9 Å². The molecule has 1 fully saturated rings. The Morgan fingerprint density at radius 1 is 1.29 bits per heavy atom. The van der Waals surface area contributed by atoms with Crippen LogP contribution < -0.4 is 5.32 Å². The van der Waals surface area contributed by atoms with Gasteiger partial charge in [-0.25, -0.2) is 4.98 Å². The zero-order valence-electron chi connectivity index (χ0n) is 17.5. The topological polar surface area (TPSA) is 95.5 Å². The number of hydrogen-bond acceptors (Lipinski definition) is 5. The molecule has 0 saturated carbocycles. The molecule has 1 saturated heterocycles. The molecule has 1 aliphatic heterocycles. The van der Waals surface area contributed by atoms with E-state index in [2.05, 4.69) is 21.9 Å². The summed E-state index contributed by atoms with van der Waals surface area (Å²) in [5, 5.41) is 2.97. The first-order valence-electron chi connectivity index (χ1n) is 9.94. The molecule has 9 heteroatoms. The number of nitrogens with zero attached hydrogens (tertiary/aromatic N) is 4. The third-order valence-electron chi connectivity index (χ3n) is 5.10. The predicted octanol–water partition coefficient (Wildman–Crippen LogP) is 2.46. The van der Waals surface area contributed by atoms with Crippen LogP contribution in [-0.2, 0) is 9.59 Å². The van der Waals surface area contributed by atoms with Gasteiger partial charge in [0.1, 0.15) is 10.8 Å². The van der Waals surface area contributed by atoms with E-state index >= 15 is 0 Å². The molecule has 8 nitrogen and oxygen atoms in total. The van der Waals surface area contributed by atoms with Crippen LogP contribution in [0.2, 0.25) is 5.15 Å². The standard InChI is InChI=1S/C22H24ClN5O3/c1-4-21(30)27-8-9-28(14(3)29)19(13-27)16-11-17(26-20(23)12-16)15-6-7-25-18(10-15)22(31)24-5-2/h4,6-7,10-12,19H,1,5,8-9,13H2,2-3H3,(H,24,31)/t19-/m1/s1. The van der Waals surface area contributed by atoms with Crippen LogP contribution >= 0.6 is 11.6 Å². The van der Waals surface area contributed by atoms with Gasteiger partial charge in [0.2, 0.25) is 11.8 Å². The Morgan fingerprint density at radius 2 is 2.06 bits per heavy atom. The third kappa shape index (κ3) is 5.08. The van der Waals surface area contributed by atoms with Crippen LogP contribution in [0.3, 0.4) is 0 Å². The van der Waals surface area contributed by atoms with E-state index in [-0.39, 0.29) is 34.6 Å². The minimum absolute atomic E-state index is 0.0902. The highest BCUT2D eigenvalue weighted by atomic mass is 35.5. The second-order valence-electron chi connectivity index (χ2n) is 7.11. The SMILES string of the molecule is C=CC(=O)N1CCN(C(C)=O)[C@@H](c2cc(Cl)nc(-c3ccnc(C(=O)NCC)c3)c2)C1. The number of nitrogens with one attached hydrogen (secondary N) is 1. The zero-order chi connectivity index (χ0) is 22.5. The molecule has 0 aliphatic carbocycles. The highest BCUT2D eigenvalue weighted by Gasteiger charge is 2.32. The van der Waals surface area contributed by atoms with Gasteiger partial charge < -0.3 is 15.1 Å². The molecule has 3 heterocycles. The second kappa shape index (κ2) is 9.70. The summed E-state index contributed by atoms with van der Waals surface area (Å²) in [7, 11) is 0. The van der Waals surface area contributed by atoms with Gasteiger partial charge in [-0.3, -0.25) is 19.4 Å². The van der Waals surface area contributed by atoms with Crippen LogP contribution in [0.5, 0.6) is 0 Å². The van der Waals surface area contributed by atoms with Crippen LogP contribution in [-0.4, -0.2) is 63.7 Å². The van der Waals surface area contributed by atoms with Crippen molar-refractivity contribution in [3.8, 4) is 11.3 Å². The zero-order valence-corrected chi connectivity index (χ0v) is 18.2. The van der Waals surface area contributed by atoms with Gasteiger partial charge in [0, 0.05) is 44.9 Å². The number of pyridine rings is 2. The summed E-state index contributed by atoms with van der Waals surface area (Å²) in [5.74, 6) is -0.554. The lowest BCUT2D eigenvalue weighted by Crippen LogP contribution is -2.51. The number of rotatable bonds is 5. The number of aromatic nitrogens is 2. The van der Waals surface area contributed by atoms with E-state index in [1.54, 1.807) is 28.0 Å². The van der Waals surface area contributed by atoms with Gasteiger partial charge >= 0.3 is 0 Å². The van der Waals surface area contributed by atoms with Crippen molar-refractivity contribution in [2.75, 3.05) is 26.2 Å². The average Bonchev–Trinajstić information content (AvgIpc) is 2.77.